The predicted molar refractivity (Wildman–Crippen MR) is 119 cm³/mol. The first-order valence-electron chi connectivity index (χ1n) is 11.0. The van der Waals surface area contributed by atoms with Gasteiger partial charge < -0.3 is 0 Å². The van der Waals surface area contributed by atoms with E-state index in [1.54, 1.807) is 0 Å². The molecule has 0 unspecified atom stereocenters. The number of aryl methyl sites for hydroxylation is 1. The molecule has 0 radical (unpaired) electrons. The Morgan fingerprint density at radius 1 is 0.610 bits per heavy atom. The summed E-state index contributed by atoms with van der Waals surface area (Å²) in [6.45, 7) is 1.20. The molecule has 0 saturated heterocycles. The zero-order valence-electron chi connectivity index (χ0n) is 19.8. The standard InChI is InChI=1S/C26H7F11N4/c1-7-2-9-10-5-14(26(35,36)37)13(16-19(29)24(33)41-25(34)20(16)30)4-12(10)21(39-6-38)11(9)3-8(7)15-17(27)22(31)40-23(32)18(15)28/h2-5H,1H3. The monoisotopic (exact) mass is 584 g/mol. The first kappa shape index (κ1) is 27.7. The molecule has 15 heteroatoms. The molecule has 208 valence electrons. The van der Waals surface area contributed by atoms with Gasteiger partial charge in [0.15, 0.2) is 23.3 Å². The Hall–Kier alpha value is -4.87. The highest BCUT2D eigenvalue weighted by Crippen LogP contribution is 2.48. The topological polar surface area (TPSA) is 61.9 Å². The number of aromatic nitrogens is 2. The van der Waals surface area contributed by atoms with Crippen LogP contribution < -0.4 is 0 Å². The van der Waals surface area contributed by atoms with Gasteiger partial charge in [0.2, 0.25) is 6.19 Å². The van der Waals surface area contributed by atoms with Gasteiger partial charge in [0, 0.05) is 16.7 Å². The minimum atomic E-state index is -5.36. The van der Waals surface area contributed by atoms with Crippen LogP contribution in [0.3, 0.4) is 0 Å². The second-order valence-corrected chi connectivity index (χ2v) is 8.61. The van der Waals surface area contributed by atoms with Gasteiger partial charge in [-0.05, 0) is 47.4 Å². The molecular weight excluding hydrogens is 577 g/mol. The lowest BCUT2D eigenvalue weighted by molar-refractivity contribution is -0.137. The normalized spacial score (nSPS) is 13.4. The molecule has 0 amide bonds. The minimum Gasteiger partial charge on any atom is -0.201 e. The second kappa shape index (κ2) is 9.36. The first-order valence-corrected chi connectivity index (χ1v) is 11.0. The van der Waals surface area contributed by atoms with E-state index < -0.39 is 92.3 Å². The van der Waals surface area contributed by atoms with Crippen molar-refractivity contribution in [3.05, 3.63) is 93.6 Å². The summed E-state index contributed by atoms with van der Waals surface area (Å²) in [5.74, 6) is -16.7. The van der Waals surface area contributed by atoms with Crippen molar-refractivity contribution < 1.29 is 48.3 Å². The largest absolute Gasteiger partial charge is 0.417 e. The van der Waals surface area contributed by atoms with Crippen molar-refractivity contribution in [3.8, 4) is 39.6 Å². The van der Waals surface area contributed by atoms with Crippen LogP contribution in [0.2, 0.25) is 0 Å². The van der Waals surface area contributed by atoms with Gasteiger partial charge in [-0.2, -0.15) is 51.0 Å². The summed E-state index contributed by atoms with van der Waals surface area (Å²) >= 11 is 0. The smallest absolute Gasteiger partial charge is 0.201 e. The summed E-state index contributed by atoms with van der Waals surface area (Å²) < 4.78 is 156. The Morgan fingerprint density at radius 2 is 1.02 bits per heavy atom. The Kier molecular flexibility index (Phi) is 6.32. The Balaban J connectivity index is 1.87. The van der Waals surface area contributed by atoms with Gasteiger partial charge >= 0.3 is 6.18 Å². The molecule has 2 heterocycles. The summed E-state index contributed by atoms with van der Waals surface area (Å²) in [5.41, 5.74) is -8.32. The van der Waals surface area contributed by atoms with E-state index in [9.17, 15) is 53.6 Å². The van der Waals surface area contributed by atoms with Crippen LogP contribution in [0.5, 0.6) is 0 Å². The van der Waals surface area contributed by atoms with E-state index in [4.69, 9.17) is 0 Å². The van der Waals surface area contributed by atoms with Crippen LogP contribution in [0.15, 0.2) is 29.3 Å². The van der Waals surface area contributed by atoms with E-state index >= 15 is 0 Å². The zero-order valence-corrected chi connectivity index (χ0v) is 19.8. The van der Waals surface area contributed by atoms with Gasteiger partial charge in [-0.3, -0.25) is 0 Å². The quantitative estimate of drug-likeness (QED) is 0.122. The summed E-state index contributed by atoms with van der Waals surface area (Å²) in [5, 5.41) is 9.24. The maximum atomic E-state index is 14.6. The maximum Gasteiger partial charge on any atom is 0.417 e. The first-order chi connectivity index (χ1) is 19.2. The number of pyridine rings is 2. The number of hydrogen-bond donors (Lipinski definition) is 0. The predicted octanol–water partition coefficient (Wildman–Crippen LogP) is 7.55. The van der Waals surface area contributed by atoms with Crippen molar-refractivity contribution >= 4 is 5.71 Å². The highest BCUT2D eigenvalue weighted by Gasteiger charge is 2.40. The van der Waals surface area contributed by atoms with Gasteiger partial charge in [0.05, 0.1) is 22.4 Å². The van der Waals surface area contributed by atoms with Crippen LogP contribution in [-0.2, 0) is 6.18 Å². The van der Waals surface area contributed by atoms with Gasteiger partial charge in [-0.1, -0.05) is 6.07 Å². The van der Waals surface area contributed by atoms with Gasteiger partial charge in [-0.25, -0.2) is 17.6 Å². The van der Waals surface area contributed by atoms with E-state index in [1.807, 2.05) is 0 Å². The Bertz CT molecular complexity index is 1840. The average molecular weight is 584 g/mol. The van der Waals surface area contributed by atoms with Crippen LogP contribution in [-0.4, -0.2) is 15.7 Å². The van der Waals surface area contributed by atoms with Crippen molar-refractivity contribution in [1.82, 2.24) is 9.97 Å². The van der Waals surface area contributed by atoms with E-state index in [0.29, 0.717) is 12.1 Å². The molecule has 2 aromatic carbocycles. The van der Waals surface area contributed by atoms with Crippen molar-refractivity contribution in [2.75, 3.05) is 0 Å². The molecule has 4 aromatic rings. The zero-order chi connectivity index (χ0) is 30.1. The minimum absolute atomic E-state index is 0.108. The number of hydrogen-bond acceptors (Lipinski definition) is 4. The molecule has 4 nitrogen and oxygen atoms in total. The molecular formula is C26H7F11N4. The second-order valence-electron chi connectivity index (χ2n) is 8.61. The van der Waals surface area contributed by atoms with Crippen molar-refractivity contribution in [3.63, 3.8) is 0 Å². The number of rotatable bonds is 2. The van der Waals surface area contributed by atoms with E-state index in [1.165, 1.54) is 13.1 Å². The molecule has 0 atom stereocenters. The molecule has 0 saturated carbocycles. The number of benzene rings is 2. The number of alkyl halides is 3. The molecule has 2 aromatic heterocycles. The van der Waals surface area contributed by atoms with Gasteiger partial charge in [0.25, 0.3) is 23.8 Å². The van der Waals surface area contributed by atoms with E-state index in [0.717, 1.165) is 12.1 Å². The van der Waals surface area contributed by atoms with Crippen molar-refractivity contribution in [1.29, 1.82) is 5.26 Å². The third-order valence-corrected chi connectivity index (χ3v) is 6.32. The van der Waals surface area contributed by atoms with E-state index in [2.05, 4.69) is 15.0 Å². The molecule has 0 bridgehead atoms. The number of halogens is 11. The van der Waals surface area contributed by atoms with Crippen LogP contribution in [0.25, 0.3) is 33.4 Å². The van der Waals surface area contributed by atoms with E-state index in [-0.39, 0.29) is 22.3 Å². The fourth-order valence-electron chi connectivity index (χ4n) is 4.62. The Labute approximate surface area is 221 Å². The number of nitrogens with zero attached hydrogens (tertiary/aromatic N) is 4. The highest BCUT2D eigenvalue weighted by molar-refractivity contribution is 6.26. The molecule has 5 rings (SSSR count). The average Bonchev–Trinajstić information content (AvgIpc) is 3.17. The summed E-state index contributed by atoms with van der Waals surface area (Å²) in [6.07, 6.45) is -4.00. The fourth-order valence-corrected chi connectivity index (χ4v) is 4.62. The third-order valence-electron chi connectivity index (χ3n) is 6.32. The summed E-state index contributed by atoms with van der Waals surface area (Å²) in [6, 6.07) is 2.83. The lowest BCUT2D eigenvalue weighted by Gasteiger charge is -2.17. The fraction of sp³-hybridized carbons (Fsp3) is 0.0769. The third kappa shape index (κ3) is 4.17. The maximum absolute atomic E-state index is 14.6. The van der Waals surface area contributed by atoms with Crippen molar-refractivity contribution in [2.24, 2.45) is 4.99 Å². The SMILES string of the molecule is Cc1cc2c(cc1-c1c(F)c(F)nc(F)c1F)C(=NC#N)c1cc(-c3c(F)c(F)nc(F)c3F)c(C(F)(F)F)cc1-2. The van der Waals surface area contributed by atoms with Gasteiger partial charge in [-0.15, -0.1) is 0 Å². The Morgan fingerprint density at radius 3 is 1.46 bits per heavy atom. The molecule has 0 N–H and O–H groups in total. The van der Waals surface area contributed by atoms with Crippen LogP contribution >= 0.6 is 0 Å². The number of nitriles is 1. The molecule has 0 aliphatic heterocycles. The molecule has 1 aliphatic rings. The molecule has 0 fully saturated rings. The molecule has 1 aliphatic carbocycles. The molecule has 0 spiro atoms. The summed E-state index contributed by atoms with van der Waals surface area (Å²) in [4.78, 5) is 8.29. The number of aliphatic imine (C=N–C) groups is 1. The van der Waals surface area contributed by atoms with Gasteiger partial charge in [0.1, 0.15) is 0 Å². The highest BCUT2D eigenvalue weighted by atomic mass is 19.4. The van der Waals surface area contributed by atoms with Crippen LogP contribution in [0.4, 0.5) is 48.3 Å². The van der Waals surface area contributed by atoms with Crippen LogP contribution in [0.1, 0.15) is 22.3 Å². The lowest BCUT2D eigenvalue weighted by atomic mass is 9.92. The molecule has 41 heavy (non-hydrogen) atoms. The van der Waals surface area contributed by atoms with Crippen LogP contribution in [0, 0.1) is 65.4 Å². The van der Waals surface area contributed by atoms with Crippen molar-refractivity contribution in [2.45, 2.75) is 13.1 Å². The number of fused-ring (bicyclic) bond motifs is 3. The lowest BCUT2D eigenvalue weighted by Crippen LogP contribution is -2.12. The summed E-state index contributed by atoms with van der Waals surface area (Å²) in [7, 11) is 0.